The third kappa shape index (κ3) is 2.67. The molecule has 5 heteroatoms. The quantitative estimate of drug-likeness (QED) is 0.863. The van der Waals surface area contributed by atoms with Gasteiger partial charge in [-0.25, -0.2) is 9.37 Å². The molecule has 1 aromatic heterocycles. The van der Waals surface area contributed by atoms with Crippen molar-refractivity contribution in [3.63, 3.8) is 0 Å². The van der Waals surface area contributed by atoms with Gasteiger partial charge in [0.2, 0.25) is 0 Å². The Hall–Kier alpha value is -0.780. The zero-order chi connectivity index (χ0) is 14.1. The number of thiazole rings is 1. The molecule has 1 aromatic carbocycles. The summed E-state index contributed by atoms with van der Waals surface area (Å²) in [4.78, 5) is 6.05. The Bertz CT molecular complexity index is 626. The van der Waals surface area contributed by atoms with E-state index in [1.807, 2.05) is 6.07 Å². The van der Waals surface area contributed by atoms with Crippen molar-refractivity contribution in [1.29, 1.82) is 0 Å². The summed E-state index contributed by atoms with van der Waals surface area (Å²) in [5, 5.41) is 4.44. The molecule has 2 aromatic rings. The topological polar surface area (TPSA) is 24.9 Å². The predicted octanol–water partition coefficient (Wildman–Crippen LogP) is 4.70. The zero-order valence-corrected chi connectivity index (χ0v) is 13.7. The van der Waals surface area contributed by atoms with Crippen LogP contribution >= 0.6 is 27.3 Å². The average molecular weight is 355 g/mol. The molecule has 0 saturated carbocycles. The van der Waals surface area contributed by atoms with Crippen LogP contribution in [0.5, 0.6) is 0 Å². The van der Waals surface area contributed by atoms with Gasteiger partial charge in [0.05, 0.1) is 10.2 Å². The predicted molar refractivity (Wildman–Crippen MR) is 84.6 cm³/mol. The van der Waals surface area contributed by atoms with Gasteiger partial charge in [-0.3, -0.25) is 0 Å². The van der Waals surface area contributed by atoms with Crippen LogP contribution in [0.3, 0.4) is 0 Å². The van der Waals surface area contributed by atoms with Crippen LogP contribution in [-0.4, -0.2) is 11.5 Å². The van der Waals surface area contributed by atoms with Crippen LogP contribution in [0, 0.1) is 5.82 Å². The molecule has 0 radical (unpaired) electrons. The van der Waals surface area contributed by atoms with Gasteiger partial charge >= 0.3 is 0 Å². The fourth-order valence-electron chi connectivity index (χ4n) is 2.61. The van der Waals surface area contributed by atoms with Crippen LogP contribution in [0.2, 0.25) is 0 Å². The normalized spacial score (nSPS) is 18.1. The molecule has 1 atom stereocenters. The molecule has 1 aliphatic rings. The van der Waals surface area contributed by atoms with E-state index in [0.29, 0.717) is 10.5 Å². The second-order valence-corrected chi connectivity index (χ2v) is 6.85. The molecule has 1 N–H and O–H groups in total. The van der Waals surface area contributed by atoms with Gasteiger partial charge in [-0.05, 0) is 53.9 Å². The van der Waals surface area contributed by atoms with E-state index in [9.17, 15) is 4.39 Å². The lowest BCUT2D eigenvalue weighted by Crippen LogP contribution is -2.23. The number of hydrogen-bond acceptors (Lipinski definition) is 3. The third-order valence-corrected chi connectivity index (χ3v) is 5.47. The van der Waals surface area contributed by atoms with Crippen molar-refractivity contribution in [1.82, 2.24) is 10.3 Å². The van der Waals surface area contributed by atoms with Crippen molar-refractivity contribution in [3.8, 4) is 10.6 Å². The molecule has 0 bridgehead atoms. The van der Waals surface area contributed by atoms with Crippen molar-refractivity contribution in [2.75, 3.05) is 6.54 Å². The molecule has 3 rings (SSSR count). The van der Waals surface area contributed by atoms with Crippen molar-refractivity contribution < 1.29 is 4.39 Å². The smallest absolute Gasteiger partial charge is 0.138 e. The maximum atomic E-state index is 13.7. The molecule has 106 valence electrons. The van der Waals surface area contributed by atoms with Crippen molar-refractivity contribution in [2.45, 2.75) is 32.2 Å². The third-order valence-electron chi connectivity index (χ3n) is 3.57. The van der Waals surface area contributed by atoms with E-state index >= 15 is 0 Å². The Morgan fingerprint density at radius 2 is 2.35 bits per heavy atom. The van der Waals surface area contributed by atoms with Crippen molar-refractivity contribution in [2.24, 2.45) is 0 Å². The highest BCUT2D eigenvalue weighted by molar-refractivity contribution is 9.10. The lowest BCUT2D eigenvalue weighted by molar-refractivity contribution is 0.476. The molecule has 20 heavy (non-hydrogen) atoms. The van der Waals surface area contributed by atoms with E-state index in [4.69, 9.17) is 4.98 Å². The van der Waals surface area contributed by atoms with E-state index in [2.05, 4.69) is 28.2 Å². The standard InChI is InChI=1S/C15H16BrFN2S/c1-2-18-12-4-3-5-13-14(12)20-15(19-13)9-6-7-10(16)11(17)8-9/h6-8,12,18H,2-5H2,1H3. The summed E-state index contributed by atoms with van der Waals surface area (Å²) in [6, 6.07) is 5.62. The minimum absolute atomic E-state index is 0.237. The molecule has 1 aliphatic carbocycles. The van der Waals surface area contributed by atoms with E-state index in [-0.39, 0.29) is 5.82 Å². The number of nitrogens with one attached hydrogen (secondary N) is 1. The van der Waals surface area contributed by atoms with Gasteiger partial charge in [0.15, 0.2) is 0 Å². The van der Waals surface area contributed by atoms with Gasteiger partial charge in [-0.1, -0.05) is 13.0 Å². The van der Waals surface area contributed by atoms with E-state index in [1.54, 1.807) is 23.5 Å². The van der Waals surface area contributed by atoms with Crippen LogP contribution in [-0.2, 0) is 6.42 Å². The highest BCUT2D eigenvalue weighted by Crippen LogP contribution is 2.38. The first-order valence-electron chi connectivity index (χ1n) is 6.87. The van der Waals surface area contributed by atoms with E-state index in [0.717, 1.165) is 30.0 Å². The Balaban J connectivity index is 1.97. The minimum Gasteiger partial charge on any atom is -0.309 e. The van der Waals surface area contributed by atoms with Crippen molar-refractivity contribution >= 4 is 27.3 Å². The SMILES string of the molecule is CCNC1CCCc2nc(-c3ccc(Br)c(F)c3)sc21. The summed E-state index contributed by atoms with van der Waals surface area (Å²) < 4.78 is 14.2. The molecule has 1 heterocycles. The number of fused-ring (bicyclic) bond motifs is 1. The van der Waals surface area contributed by atoms with Gasteiger partial charge in [0.25, 0.3) is 0 Å². The molecule has 0 saturated heterocycles. The average Bonchev–Trinajstić information content (AvgIpc) is 2.87. The lowest BCUT2D eigenvalue weighted by atomic mass is 9.98. The van der Waals surface area contributed by atoms with E-state index in [1.165, 1.54) is 17.0 Å². The largest absolute Gasteiger partial charge is 0.309 e. The fourth-order valence-corrected chi connectivity index (χ4v) is 4.08. The van der Waals surface area contributed by atoms with E-state index < -0.39 is 0 Å². The van der Waals surface area contributed by atoms with Crippen LogP contribution < -0.4 is 5.32 Å². The molecule has 2 nitrogen and oxygen atoms in total. The molecular weight excluding hydrogens is 339 g/mol. The Morgan fingerprint density at radius 1 is 1.50 bits per heavy atom. The van der Waals surface area contributed by atoms with Crippen LogP contribution in [0.4, 0.5) is 4.39 Å². The molecule has 0 fully saturated rings. The van der Waals surface area contributed by atoms with Crippen LogP contribution in [0.1, 0.15) is 36.4 Å². The number of rotatable bonds is 3. The molecular formula is C15H16BrFN2S. The number of nitrogens with zero attached hydrogens (tertiary/aromatic N) is 1. The van der Waals surface area contributed by atoms with Gasteiger partial charge in [-0.15, -0.1) is 11.3 Å². The number of halogens is 2. The number of benzene rings is 1. The monoisotopic (exact) mass is 354 g/mol. The molecule has 0 amide bonds. The zero-order valence-electron chi connectivity index (χ0n) is 11.2. The molecule has 0 aliphatic heterocycles. The summed E-state index contributed by atoms with van der Waals surface area (Å²) in [5.74, 6) is -0.237. The summed E-state index contributed by atoms with van der Waals surface area (Å²) in [6.45, 7) is 3.09. The highest BCUT2D eigenvalue weighted by Gasteiger charge is 2.24. The Labute approximate surface area is 130 Å². The first-order valence-corrected chi connectivity index (χ1v) is 8.48. The number of hydrogen-bond donors (Lipinski definition) is 1. The van der Waals surface area contributed by atoms with Gasteiger partial charge in [-0.2, -0.15) is 0 Å². The summed E-state index contributed by atoms with van der Waals surface area (Å²) in [7, 11) is 0. The van der Waals surface area contributed by atoms with Crippen LogP contribution in [0.25, 0.3) is 10.6 Å². The van der Waals surface area contributed by atoms with Crippen LogP contribution in [0.15, 0.2) is 22.7 Å². The second kappa shape index (κ2) is 5.92. The lowest BCUT2D eigenvalue weighted by Gasteiger charge is -2.21. The highest BCUT2D eigenvalue weighted by atomic mass is 79.9. The number of aryl methyl sites for hydroxylation is 1. The van der Waals surface area contributed by atoms with Gasteiger partial charge < -0.3 is 5.32 Å². The fraction of sp³-hybridized carbons (Fsp3) is 0.400. The number of aromatic nitrogens is 1. The first-order chi connectivity index (χ1) is 9.69. The summed E-state index contributed by atoms with van der Waals surface area (Å²) >= 11 is 4.88. The Kier molecular flexibility index (Phi) is 4.19. The van der Waals surface area contributed by atoms with Crippen molar-refractivity contribution in [3.05, 3.63) is 39.1 Å². The maximum Gasteiger partial charge on any atom is 0.138 e. The van der Waals surface area contributed by atoms with Gasteiger partial charge in [0, 0.05) is 16.5 Å². The second-order valence-electron chi connectivity index (χ2n) is 4.96. The minimum atomic E-state index is -0.237. The summed E-state index contributed by atoms with van der Waals surface area (Å²) in [6.07, 6.45) is 3.37. The molecule has 0 spiro atoms. The van der Waals surface area contributed by atoms with Gasteiger partial charge in [0.1, 0.15) is 10.8 Å². The Morgan fingerprint density at radius 3 is 3.10 bits per heavy atom. The maximum absolute atomic E-state index is 13.7. The first kappa shape index (κ1) is 14.2. The summed E-state index contributed by atoms with van der Waals surface area (Å²) in [5.41, 5.74) is 2.05. The molecule has 1 unspecified atom stereocenters.